The fourth-order valence-corrected chi connectivity index (χ4v) is 2.74. The molecule has 0 aliphatic carbocycles. The number of sulfone groups is 1. The van der Waals surface area contributed by atoms with Gasteiger partial charge in [0.25, 0.3) is 0 Å². The maximum absolute atomic E-state index is 13.7. The number of rotatable bonds is 10. The number of hydrogen-bond acceptors (Lipinski definition) is 4. The molecule has 9 heteroatoms. The van der Waals surface area contributed by atoms with E-state index >= 15 is 0 Å². The summed E-state index contributed by atoms with van der Waals surface area (Å²) in [5, 5.41) is 6.21. The molecule has 0 aliphatic rings. The third-order valence-electron chi connectivity index (χ3n) is 3.29. The SMILES string of the molecule is CN=C(NCCCc1ccc(Br)cc1F)NCCOCCS(C)(=O)=O. The molecule has 0 heterocycles. The maximum atomic E-state index is 13.7. The lowest BCUT2D eigenvalue weighted by Gasteiger charge is -2.12. The van der Waals surface area contributed by atoms with Gasteiger partial charge in [-0.1, -0.05) is 22.0 Å². The smallest absolute Gasteiger partial charge is 0.191 e. The van der Waals surface area contributed by atoms with Crippen molar-refractivity contribution in [2.75, 3.05) is 45.4 Å². The molecule has 0 aliphatic heterocycles. The average Bonchev–Trinajstić information content (AvgIpc) is 2.53. The van der Waals surface area contributed by atoms with Gasteiger partial charge in [0.2, 0.25) is 0 Å². The zero-order chi connectivity index (χ0) is 18.7. The van der Waals surface area contributed by atoms with Crippen molar-refractivity contribution < 1.29 is 17.5 Å². The van der Waals surface area contributed by atoms with E-state index in [0.29, 0.717) is 37.6 Å². The van der Waals surface area contributed by atoms with E-state index in [1.165, 1.54) is 12.3 Å². The third-order valence-corrected chi connectivity index (χ3v) is 4.69. The Morgan fingerprint density at radius 1 is 1.28 bits per heavy atom. The van der Waals surface area contributed by atoms with Crippen molar-refractivity contribution in [2.24, 2.45) is 4.99 Å². The number of aryl methyl sites for hydroxylation is 1. The second-order valence-corrected chi connectivity index (χ2v) is 8.68. The van der Waals surface area contributed by atoms with Crippen molar-refractivity contribution in [3.63, 3.8) is 0 Å². The van der Waals surface area contributed by atoms with Gasteiger partial charge in [0, 0.05) is 30.9 Å². The largest absolute Gasteiger partial charge is 0.379 e. The van der Waals surface area contributed by atoms with Crippen LogP contribution in [0.1, 0.15) is 12.0 Å². The van der Waals surface area contributed by atoms with Gasteiger partial charge in [-0.15, -0.1) is 0 Å². The van der Waals surface area contributed by atoms with E-state index in [0.717, 1.165) is 10.9 Å². The lowest BCUT2D eigenvalue weighted by molar-refractivity contribution is 0.154. The first-order valence-corrected chi connectivity index (χ1v) is 10.8. The van der Waals surface area contributed by atoms with Gasteiger partial charge in [0.05, 0.1) is 19.0 Å². The molecular formula is C16H25BrFN3O3S. The summed E-state index contributed by atoms with van der Waals surface area (Å²) < 4.78 is 41.6. The first-order chi connectivity index (χ1) is 11.8. The van der Waals surface area contributed by atoms with Gasteiger partial charge >= 0.3 is 0 Å². The van der Waals surface area contributed by atoms with Crippen LogP contribution in [-0.2, 0) is 21.0 Å². The Labute approximate surface area is 157 Å². The molecule has 0 amide bonds. The van der Waals surface area contributed by atoms with E-state index in [4.69, 9.17) is 4.74 Å². The van der Waals surface area contributed by atoms with Crippen molar-refractivity contribution in [3.8, 4) is 0 Å². The van der Waals surface area contributed by atoms with E-state index in [-0.39, 0.29) is 18.2 Å². The van der Waals surface area contributed by atoms with Crippen LogP contribution in [0.15, 0.2) is 27.7 Å². The molecule has 0 unspecified atom stereocenters. The molecule has 6 nitrogen and oxygen atoms in total. The van der Waals surface area contributed by atoms with Gasteiger partial charge in [0.1, 0.15) is 15.7 Å². The Balaban J connectivity index is 2.15. The highest BCUT2D eigenvalue weighted by atomic mass is 79.9. The number of benzene rings is 1. The molecule has 0 spiro atoms. The molecule has 0 atom stereocenters. The number of aliphatic imine (C=N–C) groups is 1. The quantitative estimate of drug-likeness (QED) is 0.331. The third kappa shape index (κ3) is 10.4. The Morgan fingerprint density at radius 2 is 2.00 bits per heavy atom. The van der Waals surface area contributed by atoms with Crippen molar-refractivity contribution in [1.82, 2.24) is 10.6 Å². The topological polar surface area (TPSA) is 79.8 Å². The highest BCUT2D eigenvalue weighted by Gasteiger charge is 2.04. The van der Waals surface area contributed by atoms with Crippen LogP contribution in [0.5, 0.6) is 0 Å². The number of guanidine groups is 1. The fraction of sp³-hybridized carbons (Fsp3) is 0.562. The van der Waals surface area contributed by atoms with E-state index < -0.39 is 9.84 Å². The van der Waals surface area contributed by atoms with E-state index in [1.807, 2.05) is 6.07 Å². The molecule has 0 bridgehead atoms. The van der Waals surface area contributed by atoms with Crippen LogP contribution < -0.4 is 10.6 Å². The molecular weight excluding hydrogens is 413 g/mol. The van der Waals surface area contributed by atoms with Crippen LogP contribution in [0, 0.1) is 5.82 Å². The highest BCUT2D eigenvalue weighted by molar-refractivity contribution is 9.10. The molecule has 0 aromatic heterocycles. The lowest BCUT2D eigenvalue weighted by Crippen LogP contribution is -2.39. The molecule has 0 saturated carbocycles. The van der Waals surface area contributed by atoms with Gasteiger partial charge in [0.15, 0.2) is 5.96 Å². The van der Waals surface area contributed by atoms with Gasteiger partial charge in [-0.25, -0.2) is 12.8 Å². The summed E-state index contributed by atoms with van der Waals surface area (Å²) in [6.45, 7) is 1.75. The lowest BCUT2D eigenvalue weighted by atomic mass is 10.1. The monoisotopic (exact) mass is 437 g/mol. The Bertz CT molecular complexity index is 669. The molecule has 1 aromatic rings. The van der Waals surface area contributed by atoms with Crippen molar-refractivity contribution >= 4 is 31.7 Å². The molecule has 1 rings (SSSR count). The average molecular weight is 438 g/mol. The van der Waals surface area contributed by atoms with Crippen LogP contribution >= 0.6 is 15.9 Å². The maximum Gasteiger partial charge on any atom is 0.191 e. The number of hydrogen-bond donors (Lipinski definition) is 2. The summed E-state index contributed by atoms with van der Waals surface area (Å²) in [5.41, 5.74) is 0.687. The molecule has 0 fully saturated rings. The molecule has 0 saturated heterocycles. The molecule has 2 N–H and O–H groups in total. The van der Waals surface area contributed by atoms with Gasteiger partial charge in [-0.2, -0.15) is 0 Å². The zero-order valence-corrected chi connectivity index (χ0v) is 16.9. The Kier molecular flexibility index (Phi) is 9.99. The Morgan fingerprint density at radius 3 is 2.64 bits per heavy atom. The predicted molar refractivity (Wildman–Crippen MR) is 102 cm³/mol. The van der Waals surface area contributed by atoms with Crippen LogP contribution in [0.4, 0.5) is 4.39 Å². The van der Waals surface area contributed by atoms with Crippen molar-refractivity contribution in [1.29, 1.82) is 0 Å². The summed E-state index contributed by atoms with van der Waals surface area (Å²) in [5.74, 6) is 0.443. The van der Waals surface area contributed by atoms with E-state index in [2.05, 4.69) is 31.6 Å². The van der Waals surface area contributed by atoms with Crippen LogP contribution in [0.25, 0.3) is 0 Å². The molecule has 0 radical (unpaired) electrons. The second-order valence-electron chi connectivity index (χ2n) is 5.51. The first kappa shape index (κ1) is 21.9. The van der Waals surface area contributed by atoms with Gasteiger partial charge in [-0.3, -0.25) is 4.99 Å². The van der Waals surface area contributed by atoms with Crippen LogP contribution in [0.3, 0.4) is 0 Å². The predicted octanol–water partition coefficient (Wildman–Crippen LogP) is 1.75. The van der Waals surface area contributed by atoms with Crippen LogP contribution in [-0.4, -0.2) is 59.7 Å². The first-order valence-electron chi connectivity index (χ1n) is 7.96. The summed E-state index contributed by atoms with van der Waals surface area (Å²) >= 11 is 3.24. The standard InChI is InChI=1S/C16H25BrFN3O3S/c1-19-16(21-8-9-24-10-11-25(2,22)23)20-7-3-4-13-5-6-14(17)12-15(13)18/h5-6,12H,3-4,7-11H2,1-2H3,(H2,19,20,21). The number of ether oxygens (including phenoxy) is 1. The summed E-state index contributed by atoms with van der Waals surface area (Å²) in [4.78, 5) is 4.08. The Hall–Kier alpha value is -1.19. The zero-order valence-electron chi connectivity index (χ0n) is 14.5. The minimum atomic E-state index is -2.99. The summed E-state index contributed by atoms with van der Waals surface area (Å²) in [7, 11) is -1.33. The summed E-state index contributed by atoms with van der Waals surface area (Å²) in [6.07, 6.45) is 2.59. The van der Waals surface area contributed by atoms with E-state index in [1.54, 1.807) is 13.1 Å². The summed E-state index contributed by atoms with van der Waals surface area (Å²) in [6, 6.07) is 5.07. The second kappa shape index (κ2) is 11.4. The van der Waals surface area contributed by atoms with Crippen molar-refractivity contribution in [3.05, 3.63) is 34.1 Å². The minimum absolute atomic E-state index is 0.0204. The van der Waals surface area contributed by atoms with Gasteiger partial charge in [-0.05, 0) is 30.5 Å². The fourth-order valence-electron chi connectivity index (χ4n) is 1.98. The van der Waals surface area contributed by atoms with Gasteiger partial charge < -0.3 is 15.4 Å². The number of halogens is 2. The number of nitrogens with zero attached hydrogens (tertiary/aromatic N) is 1. The number of nitrogens with one attached hydrogen (secondary N) is 2. The molecule has 142 valence electrons. The normalized spacial score (nSPS) is 12.2. The molecule has 1 aromatic carbocycles. The van der Waals surface area contributed by atoms with E-state index in [9.17, 15) is 12.8 Å². The van der Waals surface area contributed by atoms with Crippen molar-refractivity contribution in [2.45, 2.75) is 12.8 Å². The minimum Gasteiger partial charge on any atom is -0.379 e. The molecule has 25 heavy (non-hydrogen) atoms. The van der Waals surface area contributed by atoms with Crippen LogP contribution in [0.2, 0.25) is 0 Å². The highest BCUT2D eigenvalue weighted by Crippen LogP contribution is 2.16.